The van der Waals surface area contributed by atoms with E-state index in [2.05, 4.69) is 23.4 Å². The van der Waals surface area contributed by atoms with Gasteiger partial charge in [-0.3, -0.25) is 4.79 Å². The van der Waals surface area contributed by atoms with Gasteiger partial charge in [0.25, 0.3) is 5.91 Å². The van der Waals surface area contributed by atoms with Gasteiger partial charge in [-0.25, -0.2) is 4.98 Å². The van der Waals surface area contributed by atoms with Gasteiger partial charge in [-0.05, 0) is 37.7 Å². The first-order valence-electron chi connectivity index (χ1n) is 6.09. The number of hydrogen-bond acceptors (Lipinski definition) is 3. The number of allylic oxidation sites excluding steroid dienone is 1. The number of carbonyl (C=O) groups excluding carboxylic acids is 1. The SMILES string of the molecule is C=C(C)C#Cc1ncc(C(=O)N2CCCCC2)s1. The number of carbonyl (C=O) groups is 1. The summed E-state index contributed by atoms with van der Waals surface area (Å²) in [7, 11) is 0. The number of likely N-dealkylation sites (tertiary alicyclic amines) is 1. The van der Waals surface area contributed by atoms with Crippen molar-refractivity contribution in [2.24, 2.45) is 0 Å². The minimum atomic E-state index is 0.0931. The number of nitrogens with zero attached hydrogens (tertiary/aromatic N) is 2. The van der Waals surface area contributed by atoms with E-state index in [0.717, 1.165) is 31.5 Å². The Morgan fingerprint density at radius 2 is 2.17 bits per heavy atom. The van der Waals surface area contributed by atoms with Crippen LogP contribution in [0.5, 0.6) is 0 Å². The van der Waals surface area contributed by atoms with Crippen LogP contribution in [0.4, 0.5) is 0 Å². The molecule has 0 unspecified atom stereocenters. The summed E-state index contributed by atoms with van der Waals surface area (Å²) in [4.78, 5) is 18.9. The average Bonchev–Trinajstić information content (AvgIpc) is 2.85. The zero-order chi connectivity index (χ0) is 13.0. The van der Waals surface area contributed by atoms with Crippen LogP contribution < -0.4 is 0 Å². The molecular formula is C14H16N2OS. The molecule has 3 nitrogen and oxygen atoms in total. The zero-order valence-corrected chi connectivity index (χ0v) is 11.3. The number of hydrogen-bond donors (Lipinski definition) is 0. The van der Waals surface area contributed by atoms with E-state index >= 15 is 0 Å². The summed E-state index contributed by atoms with van der Waals surface area (Å²) < 4.78 is 0. The van der Waals surface area contributed by atoms with Crippen LogP contribution in [0, 0.1) is 11.8 Å². The third kappa shape index (κ3) is 3.21. The van der Waals surface area contributed by atoms with Crippen LogP contribution in [-0.4, -0.2) is 28.9 Å². The molecule has 4 heteroatoms. The number of rotatable bonds is 1. The summed E-state index contributed by atoms with van der Waals surface area (Å²) in [6.45, 7) is 7.29. The molecule has 1 amide bonds. The molecule has 0 aliphatic carbocycles. The molecule has 1 aliphatic heterocycles. The number of thiazole rings is 1. The van der Waals surface area contributed by atoms with Gasteiger partial charge in [0.05, 0.1) is 6.20 Å². The van der Waals surface area contributed by atoms with Crippen LogP contribution in [0.2, 0.25) is 0 Å². The van der Waals surface area contributed by atoms with Gasteiger partial charge in [-0.15, -0.1) is 11.3 Å². The molecule has 0 N–H and O–H groups in total. The lowest BCUT2D eigenvalue weighted by Gasteiger charge is -2.25. The highest BCUT2D eigenvalue weighted by atomic mass is 32.1. The van der Waals surface area contributed by atoms with E-state index in [-0.39, 0.29) is 5.91 Å². The van der Waals surface area contributed by atoms with E-state index in [1.54, 1.807) is 6.20 Å². The highest BCUT2D eigenvalue weighted by molar-refractivity contribution is 7.14. The Labute approximate surface area is 112 Å². The number of piperidine rings is 1. The summed E-state index contributed by atoms with van der Waals surface area (Å²) in [6.07, 6.45) is 5.06. The summed E-state index contributed by atoms with van der Waals surface area (Å²) in [6, 6.07) is 0. The molecule has 0 bridgehead atoms. The third-order valence-corrected chi connectivity index (χ3v) is 3.64. The summed E-state index contributed by atoms with van der Waals surface area (Å²) in [5.41, 5.74) is 0.800. The van der Waals surface area contributed by atoms with Crippen LogP contribution in [0.25, 0.3) is 0 Å². The first kappa shape index (κ1) is 12.8. The van der Waals surface area contributed by atoms with Gasteiger partial charge in [0.1, 0.15) is 4.88 Å². The van der Waals surface area contributed by atoms with Crippen molar-refractivity contribution in [3.8, 4) is 11.8 Å². The second kappa shape index (κ2) is 5.83. The van der Waals surface area contributed by atoms with Crippen LogP contribution in [0.15, 0.2) is 18.3 Å². The highest BCUT2D eigenvalue weighted by Crippen LogP contribution is 2.17. The standard InChI is InChI=1S/C14H16N2OS/c1-11(2)6-7-13-15-10-12(18-13)14(17)16-8-4-3-5-9-16/h10H,1,3-5,8-9H2,2H3. The van der Waals surface area contributed by atoms with E-state index in [1.807, 2.05) is 11.8 Å². The molecule has 94 valence electrons. The molecule has 1 aliphatic rings. The molecule has 18 heavy (non-hydrogen) atoms. The van der Waals surface area contributed by atoms with Gasteiger partial charge in [0.2, 0.25) is 0 Å². The lowest BCUT2D eigenvalue weighted by Crippen LogP contribution is -2.35. The van der Waals surface area contributed by atoms with Crippen molar-refractivity contribution in [1.82, 2.24) is 9.88 Å². The molecule has 0 aromatic carbocycles. The van der Waals surface area contributed by atoms with Crippen LogP contribution in [-0.2, 0) is 0 Å². The van der Waals surface area contributed by atoms with Crippen LogP contribution in [0.1, 0.15) is 40.9 Å². The van der Waals surface area contributed by atoms with Crippen molar-refractivity contribution in [3.05, 3.63) is 28.2 Å². The maximum atomic E-state index is 12.2. The fraction of sp³-hybridized carbons (Fsp3) is 0.429. The lowest BCUT2D eigenvalue weighted by atomic mass is 10.1. The van der Waals surface area contributed by atoms with Crippen molar-refractivity contribution in [2.45, 2.75) is 26.2 Å². The topological polar surface area (TPSA) is 33.2 Å². The van der Waals surface area contributed by atoms with Gasteiger partial charge in [-0.1, -0.05) is 12.5 Å². The second-order valence-corrected chi connectivity index (χ2v) is 5.44. The minimum absolute atomic E-state index is 0.0931. The van der Waals surface area contributed by atoms with Crippen LogP contribution >= 0.6 is 11.3 Å². The highest BCUT2D eigenvalue weighted by Gasteiger charge is 2.19. The molecule has 0 saturated carbocycles. The second-order valence-electron chi connectivity index (χ2n) is 4.41. The van der Waals surface area contributed by atoms with Crippen molar-refractivity contribution < 1.29 is 4.79 Å². The molecule has 1 fully saturated rings. The maximum absolute atomic E-state index is 12.2. The maximum Gasteiger partial charge on any atom is 0.265 e. The Morgan fingerprint density at radius 1 is 1.44 bits per heavy atom. The Morgan fingerprint density at radius 3 is 2.83 bits per heavy atom. The van der Waals surface area contributed by atoms with Gasteiger partial charge in [0, 0.05) is 13.1 Å². The van der Waals surface area contributed by atoms with E-state index in [0.29, 0.717) is 9.88 Å². The Bertz CT molecular complexity index is 515. The molecule has 0 spiro atoms. The minimum Gasteiger partial charge on any atom is -0.338 e. The smallest absolute Gasteiger partial charge is 0.265 e. The molecule has 1 saturated heterocycles. The monoisotopic (exact) mass is 260 g/mol. The third-order valence-electron chi connectivity index (χ3n) is 2.74. The summed E-state index contributed by atoms with van der Waals surface area (Å²) >= 11 is 1.36. The normalized spacial score (nSPS) is 14.8. The fourth-order valence-electron chi connectivity index (χ4n) is 1.84. The van der Waals surface area contributed by atoms with E-state index in [4.69, 9.17) is 0 Å². The number of amides is 1. The van der Waals surface area contributed by atoms with Gasteiger partial charge < -0.3 is 4.90 Å². The van der Waals surface area contributed by atoms with Gasteiger partial charge >= 0.3 is 0 Å². The molecule has 0 radical (unpaired) electrons. The Balaban J connectivity index is 2.07. The zero-order valence-electron chi connectivity index (χ0n) is 10.5. The largest absolute Gasteiger partial charge is 0.338 e. The summed E-state index contributed by atoms with van der Waals surface area (Å²) in [5.74, 6) is 5.87. The van der Waals surface area contributed by atoms with Crippen molar-refractivity contribution in [1.29, 1.82) is 0 Å². The predicted molar refractivity (Wildman–Crippen MR) is 73.6 cm³/mol. The number of aromatic nitrogens is 1. The molecule has 0 atom stereocenters. The predicted octanol–water partition coefficient (Wildman–Crippen LogP) is 2.70. The van der Waals surface area contributed by atoms with Gasteiger partial charge in [-0.2, -0.15) is 0 Å². The Kier molecular flexibility index (Phi) is 4.16. The van der Waals surface area contributed by atoms with Crippen molar-refractivity contribution in [3.63, 3.8) is 0 Å². The fourth-order valence-corrected chi connectivity index (χ4v) is 2.58. The quantitative estimate of drug-likeness (QED) is 0.727. The molecule has 1 aromatic heterocycles. The molecular weight excluding hydrogens is 244 g/mol. The van der Waals surface area contributed by atoms with Crippen molar-refractivity contribution in [2.75, 3.05) is 13.1 Å². The van der Waals surface area contributed by atoms with Gasteiger partial charge in [0.15, 0.2) is 5.01 Å². The summed E-state index contributed by atoms with van der Waals surface area (Å²) in [5, 5.41) is 0.679. The first-order valence-corrected chi connectivity index (χ1v) is 6.91. The van der Waals surface area contributed by atoms with Crippen molar-refractivity contribution >= 4 is 17.2 Å². The van der Waals surface area contributed by atoms with E-state index in [9.17, 15) is 4.79 Å². The lowest BCUT2D eigenvalue weighted by molar-refractivity contribution is 0.0729. The first-order chi connectivity index (χ1) is 8.66. The molecule has 2 rings (SSSR count). The van der Waals surface area contributed by atoms with E-state index in [1.165, 1.54) is 17.8 Å². The Hall–Kier alpha value is -1.60. The average molecular weight is 260 g/mol. The van der Waals surface area contributed by atoms with E-state index < -0.39 is 0 Å². The molecule has 1 aromatic rings. The van der Waals surface area contributed by atoms with Crippen LogP contribution in [0.3, 0.4) is 0 Å². The molecule has 2 heterocycles.